The van der Waals surface area contributed by atoms with Gasteiger partial charge in [0, 0.05) is 130 Å². The molecule has 0 bridgehead atoms. The van der Waals surface area contributed by atoms with Crippen LogP contribution < -0.4 is 0 Å². The molecule has 12 aromatic rings. The summed E-state index contributed by atoms with van der Waals surface area (Å²) in [6.45, 7) is 56.6. The standard InChI is InChI=1S/C30H34NO.C27H28NO.C26H26NO.3C5H8O2.3Ir/c1-18-10-21(14-23(11-18)29(4,5)6)25-16-26-22(17-31-25)15-27(32-26)28-19(2)12-24(13-20(28)3)30(7,8)9;1-16-8-18(3)26(19(4)9-16)25-13-21-15-28-23(14-24(21)29-25)20-10-17(2)11-22(12-20)27(5,6)7;1-16-7-17(2)10-20(9-16)24-13-21-15-27-23(14-25(21)28-24)19-8-18(3)11-22(12-19)26(4,5)6;3*1-4(6)3-5(2)7;;;/h11-17H,1-9H3;8-9,11-15H,1-7H3;7,9-15H,1-6H3;3*3,6H,1-2H3;;;/q3*-1;;;;;;. The number of aliphatic hydroxyl groups is 3. The molecule has 3 N–H and O–H groups in total. The van der Waals surface area contributed by atoms with Crippen LogP contribution in [0.1, 0.15) is 203 Å². The number of aromatic nitrogens is 3. The van der Waals surface area contributed by atoms with Crippen LogP contribution in [-0.2, 0) is 96.4 Å². The SMILES string of the molecule is CC(=O)C=C(C)O.CC(=O)C=C(C)O.CC(=O)C=C(C)O.Cc1[c-]c(-c2cc3oc(-c4c(C)cc(C(C)(C)C)cc4C)cc3cn2)cc(C(C)(C)C)c1.Cc1[c-]c(-c2cc3oc(-c4c(C)cc(C)cc4C)cc3cn2)cc(C(C)(C)C)c1.Cc1[c-]c(-c2cc3oc(-c4cc(C)cc(C)c4)cc3cn2)cc(C(C)(C)C)c1.[Ir].[Ir].[Ir]. The number of hydrogen-bond acceptors (Lipinski definition) is 12. The number of aliphatic hydroxyl groups excluding tert-OH is 3. The molecule has 0 aliphatic carbocycles. The maximum absolute atomic E-state index is 10.0. The Hall–Kier alpha value is -9.03. The minimum Gasteiger partial charge on any atom is -0.512 e. The first-order valence-electron chi connectivity index (χ1n) is 37.3. The van der Waals surface area contributed by atoms with Crippen molar-refractivity contribution in [2.24, 2.45) is 0 Å². The number of hydrogen-bond donors (Lipinski definition) is 3. The van der Waals surface area contributed by atoms with Crippen molar-refractivity contribution in [2.75, 3.05) is 0 Å². The van der Waals surface area contributed by atoms with Crippen molar-refractivity contribution in [3.63, 3.8) is 0 Å². The summed E-state index contributed by atoms with van der Waals surface area (Å²) in [5.74, 6) is 2.49. The summed E-state index contributed by atoms with van der Waals surface area (Å²) in [6.07, 6.45) is 9.22. The smallest absolute Gasteiger partial charge is 0.155 e. The molecule has 12 rings (SSSR count). The second-order valence-electron chi connectivity index (χ2n) is 33.4. The van der Waals surface area contributed by atoms with E-state index in [1.807, 2.05) is 36.8 Å². The third-order valence-electron chi connectivity index (χ3n) is 18.0. The Balaban J connectivity index is 0.000000313. The topological polar surface area (TPSA) is 190 Å². The minimum absolute atomic E-state index is 0. The van der Waals surface area contributed by atoms with E-state index >= 15 is 0 Å². The van der Waals surface area contributed by atoms with Gasteiger partial charge in [-0.2, -0.15) is 0 Å². The number of carbonyl (C=O) groups excluding carboxylic acids is 3. The van der Waals surface area contributed by atoms with Crippen LogP contribution in [0.3, 0.4) is 0 Å². The van der Waals surface area contributed by atoms with Gasteiger partial charge in [0.1, 0.15) is 34.0 Å². The van der Waals surface area contributed by atoms with Crippen LogP contribution in [0, 0.1) is 87.4 Å². The fourth-order valence-electron chi connectivity index (χ4n) is 12.8. The van der Waals surface area contributed by atoms with Crippen LogP contribution in [-0.4, -0.2) is 47.6 Å². The van der Waals surface area contributed by atoms with Gasteiger partial charge in [0.25, 0.3) is 0 Å². The molecule has 0 saturated carbocycles. The monoisotopic (exact) mass is 2050 g/mol. The molecule has 0 aliphatic rings. The van der Waals surface area contributed by atoms with Gasteiger partial charge in [-0.25, -0.2) is 0 Å². The molecule has 6 aromatic heterocycles. The Kier molecular flexibility index (Phi) is 34.4. The average molecular weight is 2050 g/mol. The summed E-state index contributed by atoms with van der Waals surface area (Å²) >= 11 is 0. The number of furan rings is 3. The summed E-state index contributed by atoms with van der Waals surface area (Å²) in [5, 5.41) is 28.1. The van der Waals surface area contributed by atoms with Gasteiger partial charge in [-0.15, -0.1) is 105 Å². The molecule has 0 spiro atoms. The van der Waals surface area contributed by atoms with Crippen LogP contribution in [0.15, 0.2) is 183 Å². The number of nitrogens with zero attached hydrogens (tertiary/aromatic N) is 3. The summed E-state index contributed by atoms with van der Waals surface area (Å²) < 4.78 is 18.9. The van der Waals surface area contributed by atoms with E-state index in [1.54, 1.807) is 0 Å². The molecular weight excluding hydrogens is 1940 g/mol. The van der Waals surface area contributed by atoms with Crippen LogP contribution >= 0.6 is 0 Å². The molecule has 6 aromatic carbocycles. The maximum atomic E-state index is 10.0. The fourth-order valence-corrected chi connectivity index (χ4v) is 12.8. The van der Waals surface area contributed by atoms with Gasteiger partial charge >= 0.3 is 0 Å². The Bertz CT molecular complexity index is 5330. The van der Waals surface area contributed by atoms with Crippen molar-refractivity contribution in [2.45, 2.75) is 216 Å². The van der Waals surface area contributed by atoms with Gasteiger partial charge in [0.2, 0.25) is 0 Å². The van der Waals surface area contributed by atoms with E-state index in [1.165, 1.54) is 132 Å². The molecule has 3 radical (unpaired) electrons. The number of rotatable bonds is 9. The van der Waals surface area contributed by atoms with Crippen molar-refractivity contribution in [1.29, 1.82) is 0 Å². The molecule has 0 atom stereocenters. The van der Waals surface area contributed by atoms with E-state index in [0.717, 1.165) is 106 Å². The minimum atomic E-state index is -0.125. The molecule has 6 heterocycles. The zero-order chi connectivity index (χ0) is 82.0. The normalized spacial score (nSPS) is 11.7. The van der Waals surface area contributed by atoms with Gasteiger partial charge in [-0.3, -0.25) is 14.4 Å². The molecule has 0 amide bonds. The second kappa shape index (κ2) is 40.3. The van der Waals surface area contributed by atoms with Crippen LogP contribution in [0.5, 0.6) is 0 Å². The average Bonchev–Trinajstić information content (AvgIpc) is 1.67. The summed E-state index contributed by atoms with van der Waals surface area (Å²) in [7, 11) is 0. The summed E-state index contributed by atoms with van der Waals surface area (Å²) in [5.41, 5.74) is 29.4. The second-order valence-corrected chi connectivity index (χ2v) is 33.4. The molecule has 0 fully saturated rings. The molecular formula is C98H112Ir3N3O9-3. The van der Waals surface area contributed by atoms with Gasteiger partial charge in [-0.1, -0.05) is 151 Å². The van der Waals surface area contributed by atoms with Gasteiger partial charge < -0.3 is 43.5 Å². The van der Waals surface area contributed by atoms with Gasteiger partial charge in [0.15, 0.2) is 17.3 Å². The van der Waals surface area contributed by atoms with Crippen molar-refractivity contribution < 1.29 is 103 Å². The van der Waals surface area contributed by atoms with E-state index in [2.05, 4.69) is 268 Å². The first-order valence-corrected chi connectivity index (χ1v) is 37.3. The van der Waals surface area contributed by atoms with Crippen LogP contribution in [0.2, 0.25) is 0 Å². The predicted molar refractivity (Wildman–Crippen MR) is 455 cm³/mol. The molecule has 0 unspecified atom stereocenters. The zero-order valence-electron chi connectivity index (χ0n) is 71.1. The number of allylic oxidation sites excluding steroid dienone is 6. The summed E-state index contributed by atoms with van der Waals surface area (Å²) in [6, 6.07) is 51.4. The first-order chi connectivity index (χ1) is 51.0. The Morgan fingerprint density at radius 1 is 0.327 bits per heavy atom. The fraction of sp³-hybridized carbons (Fsp3) is 0.327. The molecule has 15 heteroatoms. The van der Waals surface area contributed by atoms with E-state index in [9.17, 15) is 14.4 Å². The summed E-state index contributed by atoms with van der Waals surface area (Å²) in [4.78, 5) is 44.2. The van der Waals surface area contributed by atoms with Crippen LogP contribution in [0.25, 0.3) is 101 Å². The van der Waals surface area contributed by atoms with Crippen molar-refractivity contribution in [3.05, 3.63) is 265 Å². The number of aryl methyl sites for hydroxylation is 10. The Morgan fingerprint density at radius 2 is 0.575 bits per heavy atom. The maximum Gasteiger partial charge on any atom is 0.155 e. The third kappa shape index (κ3) is 27.9. The Morgan fingerprint density at radius 3 is 0.832 bits per heavy atom. The number of carbonyl (C=O) groups is 3. The first kappa shape index (κ1) is 96.3. The number of benzene rings is 6. The number of ketones is 3. The largest absolute Gasteiger partial charge is 0.512 e. The van der Waals surface area contributed by atoms with E-state index in [4.69, 9.17) is 43.5 Å². The van der Waals surface area contributed by atoms with E-state index in [0.29, 0.717) is 0 Å². The Labute approximate surface area is 711 Å². The molecule has 113 heavy (non-hydrogen) atoms. The van der Waals surface area contributed by atoms with Crippen molar-refractivity contribution in [3.8, 4) is 67.7 Å². The zero-order valence-corrected chi connectivity index (χ0v) is 78.3. The van der Waals surface area contributed by atoms with Crippen molar-refractivity contribution >= 4 is 50.3 Å². The van der Waals surface area contributed by atoms with Gasteiger partial charge in [0.05, 0.1) is 17.3 Å². The van der Waals surface area contributed by atoms with E-state index in [-0.39, 0.29) is 117 Å². The quantitative estimate of drug-likeness (QED) is 0.0705. The van der Waals surface area contributed by atoms with Crippen molar-refractivity contribution in [1.82, 2.24) is 15.0 Å². The molecule has 0 aliphatic heterocycles. The molecule has 12 nitrogen and oxygen atoms in total. The predicted octanol–water partition coefficient (Wildman–Crippen LogP) is 26.3. The third-order valence-corrected chi connectivity index (χ3v) is 18.0. The van der Waals surface area contributed by atoms with Crippen LogP contribution in [0.4, 0.5) is 0 Å². The van der Waals surface area contributed by atoms with E-state index < -0.39 is 0 Å². The number of fused-ring (bicyclic) bond motifs is 3. The molecule has 0 saturated heterocycles. The van der Waals surface area contributed by atoms with Gasteiger partial charge in [-0.05, 0) is 205 Å². The molecule has 603 valence electrons. The number of pyridine rings is 3.